The maximum atomic E-state index is 12.1. The minimum atomic E-state index is -2.95. The molecular weight excluding hydrogens is 350 g/mol. The molecule has 3 aromatic rings. The van der Waals surface area contributed by atoms with Crippen LogP contribution in [0.3, 0.4) is 0 Å². The molecule has 4 rings (SSSR count). The van der Waals surface area contributed by atoms with E-state index in [0.29, 0.717) is 12.1 Å². The first kappa shape index (κ1) is 16.8. The highest BCUT2D eigenvalue weighted by Gasteiger charge is 2.29. The number of fused-ring (bicyclic) bond motifs is 1. The summed E-state index contributed by atoms with van der Waals surface area (Å²) in [6.45, 7) is 0. The number of carbonyl (C=O) groups is 1. The summed E-state index contributed by atoms with van der Waals surface area (Å²) in [7, 11) is -2.95. The molecule has 1 aliphatic heterocycles. The largest absolute Gasteiger partial charge is 0.326 e. The van der Waals surface area contributed by atoms with Gasteiger partial charge < -0.3 is 5.32 Å². The van der Waals surface area contributed by atoms with Crippen LogP contribution < -0.4 is 5.32 Å². The molecule has 0 spiro atoms. The molecule has 1 aromatic heterocycles. The Morgan fingerprint density at radius 2 is 1.92 bits per heavy atom. The summed E-state index contributed by atoms with van der Waals surface area (Å²) in [6.07, 6.45) is 2.59. The Balaban J connectivity index is 1.44. The lowest BCUT2D eigenvalue weighted by Crippen LogP contribution is -2.17. The highest BCUT2D eigenvalue weighted by Crippen LogP contribution is 2.23. The van der Waals surface area contributed by atoms with Crippen LogP contribution in [-0.2, 0) is 14.6 Å². The van der Waals surface area contributed by atoms with Crippen LogP contribution in [-0.4, -0.2) is 35.4 Å². The third kappa shape index (κ3) is 3.48. The number of amides is 1. The number of carbonyl (C=O) groups excluding carboxylic acids is 1. The monoisotopic (exact) mass is 369 g/mol. The normalized spacial score (nSPS) is 18.8. The van der Waals surface area contributed by atoms with Gasteiger partial charge in [0.05, 0.1) is 22.5 Å². The molecule has 1 N–H and O–H groups in total. The predicted octanol–water partition coefficient (Wildman–Crippen LogP) is 2.79. The summed E-state index contributed by atoms with van der Waals surface area (Å²) in [5.74, 6) is 0.0930. The van der Waals surface area contributed by atoms with Gasteiger partial charge in [-0.1, -0.05) is 12.1 Å². The van der Waals surface area contributed by atoms with Gasteiger partial charge in [0.1, 0.15) is 6.33 Å². The van der Waals surface area contributed by atoms with Crippen LogP contribution in [0.2, 0.25) is 0 Å². The number of anilines is 1. The van der Waals surface area contributed by atoms with Gasteiger partial charge in [-0.25, -0.2) is 13.4 Å². The van der Waals surface area contributed by atoms with Crippen LogP contribution in [0.25, 0.3) is 16.7 Å². The topological polar surface area (TPSA) is 81.1 Å². The maximum absolute atomic E-state index is 12.1. The molecule has 2 aromatic carbocycles. The van der Waals surface area contributed by atoms with E-state index in [9.17, 15) is 13.2 Å². The first-order valence-corrected chi connectivity index (χ1v) is 10.4. The molecule has 2 heterocycles. The number of para-hydroxylation sites is 2. The SMILES string of the molecule is O=C(CC1CCS(=O)(=O)C1)Nc1ccc(-n2cnc3ccccc32)cc1. The van der Waals surface area contributed by atoms with E-state index in [1.807, 2.05) is 53.1 Å². The zero-order valence-electron chi connectivity index (χ0n) is 14.1. The average Bonchev–Trinajstić information content (AvgIpc) is 3.18. The van der Waals surface area contributed by atoms with Gasteiger partial charge in [0, 0.05) is 17.8 Å². The fourth-order valence-electron chi connectivity index (χ4n) is 3.38. The summed E-state index contributed by atoms with van der Waals surface area (Å²) < 4.78 is 25.0. The zero-order valence-corrected chi connectivity index (χ0v) is 14.9. The summed E-state index contributed by atoms with van der Waals surface area (Å²) >= 11 is 0. The van der Waals surface area contributed by atoms with Crippen molar-refractivity contribution in [3.8, 4) is 5.69 Å². The molecule has 1 amide bonds. The van der Waals surface area contributed by atoms with E-state index < -0.39 is 9.84 Å². The van der Waals surface area contributed by atoms with Gasteiger partial charge in [0.15, 0.2) is 9.84 Å². The Morgan fingerprint density at radius 1 is 1.15 bits per heavy atom. The number of imidazole rings is 1. The lowest BCUT2D eigenvalue weighted by molar-refractivity contribution is -0.116. The fourth-order valence-corrected chi connectivity index (χ4v) is 5.24. The van der Waals surface area contributed by atoms with Crippen molar-refractivity contribution >= 4 is 32.5 Å². The summed E-state index contributed by atoms with van der Waals surface area (Å²) in [5.41, 5.74) is 3.60. The lowest BCUT2D eigenvalue weighted by Gasteiger charge is -2.10. The minimum absolute atomic E-state index is 0.0726. The number of aromatic nitrogens is 2. The van der Waals surface area contributed by atoms with Crippen LogP contribution in [0.15, 0.2) is 54.9 Å². The van der Waals surface area contributed by atoms with E-state index in [0.717, 1.165) is 16.7 Å². The number of rotatable bonds is 4. The van der Waals surface area contributed by atoms with Gasteiger partial charge in [-0.3, -0.25) is 9.36 Å². The molecule has 6 nitrogen and oxygen atoms in total. The number of hydrogen-bond acceptors (Lipinski definition) is 4. The van der Waals surface area contributed by atoms with Crippen molar-refractivity contribution in [2.45, 2.75) is 12.8 Å². The number of sulfone groups is 1. The summed E-state index contributed by atoms with van der Waals surface area (Å²) in [5, 5.41) is 2.85. The van der Waals surface area contributed by atoms with E-state index in [-0.39, 0.29) is 29.8 Å². The Bertz CT molecular complexity index is 1060. The minimum Gasteiger partial charge on any atom is -0.326 e. The molecule has 0 saturated carbocycles. The third-order valence-corrected chi connectivity index (χ3v) is 6.52. The van der Waals surface area contributed by atoms with E-state index in [1.54, 1.807) is 6.33 Å². The number of nitrogens with one attached hydrogen (secondary N) is 1. The second-order valence-corrected chi connectivity index (χ2v) is 8.90. The number of benzene rings is 2. The molecule has 1 saturated heterocycles. The smallest absolute Gasteiger partial charge is 0.224 e. The van der Waals surface area contributed by atoms with Gasteiger partial charge >= 0.3 is 0 Å². The van der Waals surface area contributed by atoms with Gasteiger partial charge in [-0.15, -0.1) is 0 Å². The first-order chi connectivity index (χ1) is 12.5. The van der Waals surface area contributed by atoms with Gasteiger partial charge in [-0.2, -0.15) is 0 Å². The second kappa shape index (κ2) is 6.57. The van der Waals surface area contributed by atoms with Crippen molar-refractivity contribution in [3.63, 3.8) is 0 Å². The van der Waals surface area contributed by atoms with Crippen LogP contribution in [0.5, 0.6) is 0 Å². The Morgan fingerprint density at radius 3 is 2.65 bits per heavy atom. The molecule has 7 heteroatoms. The van der Waals surface area contributed by atoms with Crippen LogP contribution >= 0.6 is 0 Å². The second-order valence-electron chi connectivity index (χ2n) is 6.67. The van der Waals surface area contributed by atoms with Crippen LogP contribution in [0, 0.1) is 5.92 Å². The van der Waals surface area contributed by atoms with E-state index in [1.165, 1.54) is 0 Å². The molecule has 1 atom stereocenters. The molecule has 26 heavy (non-hydrogen) atoms. The molecule has 0 radical (unpaired) electrons. The molecule has 1 unspecified atom stereocenters. The molecule has 1 aliphatic rings. The Labute approximate surface area is 151 Å². The number of nitrogens with zero attached hydrogens (tertiary/aromatic N) is 2. The van der Waals surface area contributed by atoms with Crippen LogP contribution in [0.1, 0.15) is 12.8 Å². The number of hydrogen-bond donors (Lipinski definition) is 1. The molecule has 0 bridgehead atoms. The summed E-state index contributed by atoms with van der Waals surface area (Å²) in [6, 6.07) is 15.4. The highest BCUT2D eigenvalue weighted by molar-refractivity contribution is 7.91. The van der Waals surface area contributed by atoms with Crippen molar-refractivity contribution < 1.29 is 13.2 Å². The van der Waals surface area contributed by atoms with Crippen molar-refractivity contribution in [1.29, 1.82) is 0 Å². The molecule has 134 valence electrons. The maximum Gasteiger partial charge on any atom is 0.224 e. The van der Waals surface area contributed by atoms with Crippen LogP contribution in [0.4, 0.5) is 5.69 Å². The van der Waals surface area contributed by atoms with Crippen molar-refractivity contribution in [1.82, 2.24) is 9.55 Å². The summed E-state index contributed by atoms with van der Waals surface area (Å²) in [4.78, 5) is 16.5. The van der Waals surface area contributed by atoms with E-state index >= 15 is 0 Å². The predicted molar refractivity (Wildman–Crippen MR) is 101 cm³/mol. The van der Waals surface area contributed by atoms with Crippen molar-refractivity contribution in [3.05, 3.63) is 54.9 Å². The Hall–Kier alpha value is -2.67. The quantitative estimate of drug-likeness (QED) is 0.767. The fraction of sp³-hybridized carbons (Fsp3) is 0.263. The van der Waals surface area contributed by atoms with Crippen molar-refractivity contribution in [2.24, 2.45) is 5.92 Å². The van der Waals surface area contributed by atoms with Gasteiger partial charge in [0.2, 0.25) is 5.91 Å². The van der Waals surface area contributed by atoms with E-state index in [4.69, 9.17) is 0 Å². The molecule has 1 fully saturated rings. The Kier molecular flexibility index (Phi) is 4.24. The first-order valence-electron chi connectivity index (χ1n) is 8.53. The zero-order chi connectivity index (χ0) is 18.1. The third-order valence-electron chi connectivity index (χ3n) is 4.68. The molecule has 0 aliphatic carbocycles. The van der Waals surface area contributed by atoms with Crippen molar-refractivity contribution in [2.75, 3.05) is 16.8 Å². The molecular formula is C19H19N3O3S. The highest BCUT2D eigenvalue weighted by atomic mass is 32.2. The average molecular weight is 369 g/mol. The lowest BCUT2D eigenvalue weighted by atomic mass is 10.1. The standard InChI is InChI=1S/C19H19N3O3S/c23-19(11-14-9-10-26(24,25)12-14)21-15-5-7-16(8-6-15)22-13-20-17-3-1-2-4-18(17)22/h1-8,13-14H,9-12H2,(H,21,23). The van der Waals surface area contributed by atoms with Gasteiger partial charge in [0.25, 0.3) is 0 Å². The van der Waals surface area contributed by atoms with E-state index in [2.05, 4.69) is 10.3 Å². The van der Waals surface area contributed by atoms with Gasteiger partial charge in [-0.05, 0) is 48.7 Å².